The number of amides is 2. The Bertz CT molecular complexity index is 1190. The van der Waals surface area contributed by atoms with E-state index in [0.717, 1.165) is 22.6 Å². The van der Waals surface area contributed by atoms with E-state index in [1.54, 1.807) is 12.1 Å². The van der Waals surface area contributed by atoms with Gasteiger partial charge in [-0.25, -0.2) is 0 Å². The van der Waals surface area contributed by atoms with Crippen molar-refractivity contribution in [1.82, 2.24) is 14.1 Å². The molecule has 9 heteroatoms. The molecule has 0 aliphatic carbocycles. The second-order valence-corrected chi connectivity index (χ2v) is 10.6. The van der Waals surface area contributed by atoms with Crippen LogP contribution in [0.15, 0.2) is 65.7 Å². The van der Waals surface area contributed by atoms with Gasteiger partial charge in [0.1, 0.15) is 0 Å². The van der Waals surface area contributed by atoms with Crippen LogP contribution in [-0.2, 0) is 6.54 Å². The number of halogens is 2. The second kappa shape index (κ2) is 9.55. The van der Waals surface area contributed by atoms with Gasteiger partial charge in [0.25, 0.3) is 0 Å². The number of aromatic nitrogens is 2. The number of para-hydroxylation sites is 1. The van der Waals surface area contributed by atoms with Crippen LogP contribution >= 0.6 is 36.0 Å². The third-order valence-electron chi connectivity index (χ3n) is 4.77. The molecule has 1 aliphatic heterocycles. The second-order valence-electron chi connectivity index (χ2n) is 6.87. The first-order valence-corrected chi connectivity index (χ1v) is 12.9. The fraction of sp³-hybridized carbons (Fsp3) is 0.0909. The van der Waals surface area contributed by atoms with Crippen molar-refractivity contribution in [2.45, 2.75) is 13.5 Å². The van der Waals surface area contributed by atoms with E-state index in [9.17, 15) is 4.79 Å². The molecule has 1 N–H and O–H groups in total. The van der Waals surface area contributed by atoms with Crippen molar-refractivity contribution < 1.29 is 4.79 Å². The van der Waals surface area contributed by atoms with Crippen LogP contribution in [0, 0.1) is 6.92 Å². The molecule has 5 nitrogen and oxygen atoms in total. The van der Waals surface area contributed by atoms with Crippen LogP contribution in [0.3, 0.4) is 0 Å². The minimum absolute atomic E-state index is 0.236. The Kier molecular flexibility index (Phi) is 6.80. The van der Waals surface area contributed by atoms with Crippen molar-refractivity contribution in [1.29, 1.82) is 0 Å². The number of hydrogen-bond donors (Lipinski definition) is 2. The monoisotopic (exact) mass is 538 g/mol. The van der Waals surface area contributed by atoms with Gasteiger partial charge in [0.05, 0.1) is 0 Å². The first kappa shape index (κ1) is 22.1. The first-order valence-electron chi connectivity index (χ1n) is 9.44. The van der Waals surface area contributed by atoms with Crippen molar-refractivity contribution in [2.24, 2.45) is 0 Å². The molecule has 0 spiro atoms. The molecule has 0 unspecified atom stereocenters. The molecule has 1 aromatic heterocycles. The Morgan fingerprint density at radius 2 is 2.00 bits per heavy atom. The molecule has 2 amide bonds. The van der Waals surface area contributed by atoms with E-state index < -0.39 is 15.0 Å². The van der Waals surface area contributed by atoms with E-state index in [-0.39, 0.29) is 12.6 Å². The van der Waals surface area contributed by atoms with Gasteiger partial charge < -0.3 is 0 Å². The summed E-state index contributed by atoms with van der Waals surface area (Å²) in [7, 11) is 0. The molecule has 0 bridgehead atoms. The van der Waals surface area contributed by atoms with E-state index in [4.69, 9.17) is 28.3 Å². The number of carbonyl (C=O) groups excluding carboxylic acids is 1. The van der Waals surface area contributed by atoms with Gasteiger partial charge >= 0.3 is 203 Å². The SMILES string of the molecule is Cc1c(CN(S)C(=O)Nc2ccccc2)nn(-c2ccc(Cl)cc2Cl)c1C1=CC=C[SeH2]1. The van der Waals surface area contributed by atoms with Gasteiger partial charge in [0.2, 0.25) is 0 Å². The van der Waals surface area contributed by atoms with Crippen molar-refractivity contribution in [3.8, 4) is 5.69 Å². The molecule has 31 heavy (non-hydrogen) atoms. The van der Waals surface area contributed by atoms with Gasteiger partial charge in [-0.3, -0.25) is 0 Å². The Morgan fingerprint density at radius 1 is 1.23 bits per heavy atom. The van der Waals surface area contributed by atoms with E-state index in [2.05, 4.69) is 35.3 Å². The van der Waals surface area contributed by atoms with Crippen LogP contribution in [0.1, 0.15) is 17.0 Å². The van der Waals surface area contributed by atoms with Gasteiger partial charge in [-0.05, 0) is 0 Å². The Labute approximate surface area is 202 Å². The van der Waals surface area contributed by atoms with Crippen molar-refractivity contribution in [3.63, 3.8) is 0 Å². The van der Waals surface area contributed by atoms with Crippen molar-refractivity contribution in [2.75, 3.05) is 5.32 Å². The number of urea groups is 1. The van der Waals surface area contributed by atoms with E-state index in [1.807, 2.05) is 48.0 Å². The number of rotatable bonds is 5. The van der Waals surface area contributed by atoms with Crippen LogP contribution in [0.4, 0.5) is 10.5 Å². The average molecular weight is 538 g/mol. The number of hydrogen-bond acceptors (Lipinski definition) is 3. The Hall–Kier alpha value is -2.15. The fourth-order valence-electron chi connectivity index (χ4n) is 3.24. The van der Waals surface area contributed by atoms with E-state index >= 15 is 0 Å². The summed E-state index contributed by atoms with van der Waals surface area (Å²) >= 11 is 16.6. The fourth-order valence-corrected chi connectivity index (χ4v) is 5.99. The summed E-state index contributed by atoms with van der Waals surface area (Å²) in [4.78, 5) is 14.8. The molecule has 0 atom stereocenters. The van der Waals surface area contributed by atoms with Crippen LogP contribution in [0.2, 0.25) is 10.0 Å². The van der Waals surface area contributed by atoms with Gasteiger partial charge in [-0.15, -0.1) is 0 Å². The summed E-state index contributed by atoms with van der Waals surface area (Å²) in [6, 6.07) is 14.3. The predicted molar refractivity (Wildman–Crippen MR) is 134 cm³/mol. The summed E-state index contributed by atoms with van der Waals surface area (Å²) in [5.41, 5.74) is 4.20. The molecule has 0 saturated heterocycles. The molecule has 0 saturated carbocycles. The van der Waals surface area contributed by atoms with Gasteiger partial charge in [0, 0.05) is 0 Å². The summed E-state index contributed by atoms with van der Waals surface area (Å²) < 4.78 is 4.42. The summed E-state index contributed by atoms with van der Waals surface area (Å²) in [6.45, 7) is 2.25. The third-order valence-corrected chi connectivity index (χ3v) is 7.88. The molecular weight excluding hydrogens is 518 g/mol. The molecule has 0 fully saturated rings. The molecule has 4 rings (SSSR count). The van der Waals surface area contributed by atoms with Gasteiger partial charge in [-0.1, -0.05) is 0 Å². The van der Waals surface area contributed by atoms with Crippen LogP contribution < -0.4 is 5.32 Å². The van der Waals surface area contributed by atoms with Crippen molar-refractivity contribution >= 4 is 67.2 Å². The normalized spacial score (nSPS) is 14.0. The number of allylic oxidation sites excluding steroid dienone is 2. The zero-order valence-corrected chi connectivity index (χ0v) is 21.0. The van der Waals surface area contributed by atoms with Crippen molar-refractivity contribution in [3.05, 3.63) is 92.7 Å². The number of anilines is 1. The van der Waals surface area contributed by atoms with Crippen LogP contribution in [-0.4, -0.2) is 35.1 Å². The van der Waals surface area contributed by atoms with Gasteiger partial charge in [-0.2, -0.15) is 0 Å². The number of nitrogens with zero attached hydrogens (tertiary/aromatic N) is 3. The topological polar surface area (TPSA) is 50.2 Å². The van der Waals surface area contributed by atoms with Crippen LogP contribution in [0.25, 0.3) is 10.2 Å². The molecule has 2 aromatic carbocycles. The molecule has 1 aliphatic rings. The zero-order valence-electron chi connectivity index (χ0n) is 16.5. The Morgan fingerprint density at radius 3 is 2.68 bits per heavy atom. The Balaban J connectivity index is 1.66. The minimum atomic E-state index is -0.405. The molecule has 0 radical (unpaired) electrons. The average Bonchev–Trinajstić information content (AvgIpc) is 3.37. The summed E-state index contributed by atoms with van der Waals surface area (Å²) in [5.74, 6) is 0. The van der Waals surface area contributed by atoms with E-state index in [1.165, 1.54) is 8.78 Å². The quantitative estimate of drug-likeness (QED) is 0.338. The number of benzene rings is 2. The summed E-state index contributed by atoms with van der Waals surface area (Å²) in [6.07, 6.45) is 4.20. The standard InChI is InChI=1S/C22H20Cl2N4OSSe/c1-14-18(13-27(30)22(29)25-16-6-3-2-4-7-16)26-28(21(14)20-8-5-11-31-20)19-10-9-15(23)12-17(19)24/h2-12,30H,13,31H2,1H3,(H,25,29). The molecule has 160 valence electrons. The maximum absolute atomic E-state index is 12.6. The predicted octanol–water partition coefficient (Wildman–Crippen LogP) is 5.40. The van der Waals surface area contributed by atoms with Gasteiger partial charge in [0.15, 0.2) is 0 Å². The molecule has 2 heterocycles. The third kappa shape index (κ3) is 4.86. The van der Waals surface area contributed by atoms with E-state index in [0.29, 0.717) is 15.7 Å². The summed E-state index contributed by atoms with van der Waals surface area (Å²) in [5, 5.41) is 8.72. The molecular formula is C22H20Cl2N4OSSe. The molecule has 3 aromatic rings. The number of carbonyl (C=O) groups is 1. The number of thiol groups is 1. The zero-order chi connectivity index (χ0) is 22.0. The first-order chi connectivity index (χ1) is 14.9. The maximum atomic E-state index is 12.6. The number of nitrogens with one attached hydrogen (secondary N) is 1. The van der Waals surface area contributed by atoms with Crippen LogP contribution in [0.5, 0.6) is 0 Å².